The standard InChI is InChI=1S/C36H52N4O6/c1-25-22-40(26(2)24-41)35(43)31-21-30(37-34(42)28-14-7-5-8-15-28)18-19-32(31)46-27(3)13-11-12-20-45-33(25)23-39(4)36(44)38-29-16-9-6-10-17-29/h6,9-10,16-19,21,25-28,33,41H,5,7-8,11-15,20,22-24H2,1-4H3,(H,37,42)(H,38,44)/t25-,26-,27+,33-/m1/s1. The van der Waals surface area contributed by atoms with Gasteiger partial charge in [-0.3, -0.25) is 9.59 Å². The average Bonchev–Trinajstić information content (AvgIpc) is 3.06. The van der Waals surface area contributed by atoms with Crippen LogP contribution in [0.4, 0.5) is 16.2 Å². The first-order valence-corrected chi connectivity index (χ1v) is 16.9. The molecule has 10 heteroatoms. The molecule has 0 radical (unpaired) electrons. The second-order valence-electron chi connectivity index (χ2n) is 13.0. The third kappa shape index (κ3) is 9.93. The van der Waals surface area contributed by atoms with Crippen molar-refractivity contribution in [3.8, 4) is 5.75 Å². The minimum Gasteiger partial charge on any atom is -0.490 e. The molecule has 1 fully saturated rings. The minimum absolute atomic E-state index is 0.0168. The van der Waals surface area contributed by atoms with Gasteiger partial charge >= 0.3 is 6.03 Å². The summed E-state index contributed by atoms with van der Waals surface area (Å²) in [4.78, 5) is 43.7. The lowest BCUT2D eigenvalue weighted by Crippen LogP contribution is -2.48. The summed E-state index contributed by atoms with van der Waals surface area (Å²) in [5, 5.41) is 16.2. The Labute approximate surface area is 273 Å². The summed E-state index contributed by atoms with van der Waals surface area (Å²) in [5.74, 6) is -0.0540. The van der Waals surface area contributed by atoms with Crippen LogP contribution in [0.2, 0.25) is 0 Å². The highest BCUT2D eigenvalue weighted by Crippen LogP contribution is 2.30. The summed E-state index contributed by atoms with van der Waals surface area (Å²) in [5.41, 5.74) is 1.60. The SMILES string of the molecule is C[C@@H]1CN([C@H](C)CO)C(=O)c2cc(NC(=O)C3CCCCC3)ccc2O[C@@H](C)CCCCO[C@@H]1CN(C)C(=O)Nc1ccccc1. The number of nitrogens with one attached hydrogen (secondary N) is 2. The van der Waals surface area contributed by atoms with Crippen molar-refractivity contribution in [1.82, 2.24) is 9.80 Å². The van der Waals surface area contributed by atoms with E-state index in [0.717, 1.165) is 51.4 Å². The Morgan fingerprint density at radius 1 is 0.978 bits per heavy atom. The Morgan fingerprint density at radius 3 is 2.41 bits per heavy atom. The van der Waals surface area contributed by atoms with Gasteiger partial charge in [0.1, 0.15) is 5.75 Å². The number of aliphatic hydroxyl groups excluding tert-OH is 1. The van der Waals surface area contributed by atoms with Gasteiger partial charge in [0, 0.05) is 50.0 Å². The maximum atomic E-state index is 14.3. The quantitative estimate of drug-likeness (QED) is 0.335. The zero-order chi connectivity index (χ0) is 33.1. The molecule has 0 aromatic heterocycles. The minimum atomic E-state index is -0.492. The van der Waals surface area contributed by atoms with Crippen molar-refractivity contribution in [3.05, 3.63) is 54.1 Å². The maximum Gasteiger partial charge on any atom is 0.321 e. The number of benzene rings is 2. The summed E-state index contributed by atoms with van der Waals surface area (Å²) < 4.78 is 12.7. The highest BCUT2D eigenvalue weighted by molar-refractivity contribution is 6.00. The zero-order valence-corrected chi connectivity index (χ0v) is 27.9. The lowest BCUT2D eigenvalue weighted by molar-refractivity contribution is -0.120. The number of para-hydroxylation sites is 1. The Hall–Kier alpha value is -3.63. The number of likely N-dealkylation sites (N-methyl/N-ethyl adjacent to an activating group) is 1. The molecule has 1 aliphatic heterocycles. The van der Waals surface area contributed by atoms with Gasteiger partial charge in [0.2, 0.25) is 5.91 Å². The molecule has 252 valence electrons. The van der Waals surface area contributed by atoms with Crippen LogP contribution in [0.1, 0.15) is 82.5 Å². The van der Waals surface area contributed by atoms with E-state index >= 15 is 0 Å². The van der Waals surface area contributed by atoms with Crippen LogP contribution in [0.25, 0.3) is 0 Å². The fraction of sp³-hybridized carbons (Fsp3) is 0.583. The van der Waals surface area contributed by atoms with Gasteiger partial charge in [-0.2, -0.15) is 0 Å². The highest BCUT2D eigenvalue weighted by Gasteiger charge is 2.31. The molecule has 10 nitrogen and oxygen atoms in total. The molecule has 2 aromatic carbocycles. The topological polar surface area (TPSA) is 120 Å². The predicted molar refractivity (Wildman–Crippen MR) is 180 cm³/mol. The summed E-state index contributed by atoms with van der Waals surface area (Å²) >= 11 is 0. The third-order valence-corrected chi connectivity index (χ3v) is 9.12. The van der Waals surface area contributed by atoms with Crippen LogP contribution in [-0.2, 0) is 9.53 Å². The Bertz CT molecular complexity index is 1280. The van der Waals surface area contributed by atoms with Gasteiger partial charge in [-0.05, 0) is 76.3 Å². The smallest absolute Gasteiger partial charge is 0.321 e. The Morgan fingerprint density at radius 2 is 1.70 bits per heavy atom. The van der Waals surface area contributed by atoms with Gasteiger partial charge in [0.05, 0.1) is 30.4 Å². The summed E-state index contributed by atoms with van der Waals surface area (Å²) in [6.45, 7) is 6.69. The molecule has 1 saturated carbocycles. The van der Waals surface area contributed by atoms with E-state index in [0.29, 0.717) is 35.8 Å². The molecule has 0 bridgehead atoms. The van der Waals surface area contributed by atoms with Gasteiger partial charge in [0.15, 0.2) is 0 Å². The number of aliphatic hydroxyl groups is 1. The number of hydrogen-bond acceptors (Lipinski definition) is 6. The fourth-order valence-electron chi connectivity index (χ4n) is 6.17. The zero-order valence-electron chi connectivity index (χ0n) is 27.9. The molecule has 46 heavy (non-hydrogen) atoms. The van der Waals surface area contributed by atoms with E-state index in [1.54, 1.807) is 42.0 Å². The molecule has 0 spiro atoms. The molecule has 2 aromatic rings. The summed E-state index contributed by atoms with van der Waals surface area (Å²) in [6, 6.07) is 13.8. The van der Waals surface area contributed by atoms with Crippen LogP contribution >= 0.6 is 0 Å². The normalized spacial score (nSPS) is 22.5. The van der Waals surface area contributed by atoms with Crippen LogP contribution in [0.15, 0.2) is 48.5 Å². The van der Waals surface area contributed by atoms with E-state index in [2.05, 4.69) is 10.6 Å². The van der Waals surface area contributed by atoms with Crippen molar-refractivity contribution in [2.45, 2.75) is 90.4 Å². The van der Waals surface area contributed by atoms with E-state index in [4.69, 9.17) is 9.47 Å². The van der Waals surface area contributed by atoms with Crippen molar-refractivity contribution in [2.75, 3.05) is 44.0 Å². The molecule has 2 aliphatic rings. The molecule has 4 amide bonds. The lowest BCUT2D eigenvalue weighted by atomic mass is 9.88. The maximum absolute atomic E-state index is 14.3. The van der Waals surface area contributed by atoms with Crippen molar-refractivity contribution in [2.24, 2.45) is 11.8 Å². The molecular weight excluding hydrogens is 584 g/mol. The van der Waals surface area contributed by atoms with E-state index < -0.39 is 6.04 Å². The number of carbonyl (C=O) groups excluding carboxylic acids is 3. The van der Waals surface area contributed by atoms with Crippen LogP contribution in [0, 0.1) is 11.8 Å². The molecule has 1 aliphatic carbocycles. The number of carbonyl (C=O) groups is 3. The number of ether oxygens (including phenoxy) is 2. The number of urea groups is 1. The van der Waals surface area contributed by atoms with Crippen LogP contribution in [-0.4, -0.2) is 84.4 Å². The summed E-state index contributed by atoms with van der Waals surface area (Å²) in [7, 11) is 1.73. The van der Waals surface area contributed by atoms with Crippen molar-refractivity contribution in [1.29, 1.82) is 0 Å². The number of fused-ring (bicyclic) bond motifs is 1. The molecule has 1 heterocycles. The number of rotatable bonds is 7. The monoisotopic (exact) mass is 636 g/mol. The molecule has 0 unspecified atom stereocenters. The van der Waals surface area contributed by atoms with Gasteiger partial charge in [-0.1, -0.05) is 44.4 Å². The molecule has 0 saturated heterocycles. The first kappa shape index (κ1) is 35.2. The Balaban J connectivity index is 1.58. The van der Waals surface area contributed by atoms with E-state index in [9.17, 15) is 19.5 Å². The summed E-state index contributed by atoms with van der Waals surface area (Å²) in [6.07, 6.45) is 6.98. The van der Waals surface area contributed by atoms with Gasteiger partial charge in [-0.25, -0.2) is 4.79 Å². The van der Waals surface area contributed by atoms with Crippen LogP contribution in [0.3, 0.4) is 0 Å². The van der Waals surface area contributed by atoms with Gasteiger partial charge in [0.25, 0.3) is 5.91 Å². The second-order valence-corrected chi connectivity index (χ2v) is 13.0. The largest absolute Gasteiger partial charge is 0.490 e. The average molecular weight is 637 g/mol. The van der Waals surface area contributed by atoms with Crippen molar-refractivity contribution >= 4 is 29.2 Å². The molecular formula is C36H52N4O6. The van der Waals surface area contributed by atoms with Crippen LogP contribution in [0.5, 0.6) is 5.75 Å². The van der Waals surface area contributed by atoms with Gasteiger partial charge in [-0.15, -0.1) is 0 Å². The fourth-order valence-corrected chi connectivity index (χ4v) is 6.17. The van der Waals surface area contributed by atoms with Gasteiger partial charge < -0.3 is 35.0 Å². The number of amides is 4. The highest BCUT2D eigenvalue weighted by atomic mass is 16.5. The van der Waals surface area contributed by atoms with E-state index in [-0.39, 0.29) is 55.0 Å². The predicted octanol–water partition coefficient (Wildman–Crippen LogP) is 6.16. The molecule has 4 rings (SSSR count). The lowest BCUT2D eigenvalue weighted by Gasteiger charge is -2.35. The molecule has 3 N–H and O–H groups in total. The first-order chi connectivity index (χ1) is 22.2. The van der Waals surface area contributed by atoms with E-state index in [1.807, 2.05) is 44.2 Å². The number of nitrogens with zero attached hydrogens (tertiary/aromatic N) is 2. The number of hydrogen-bond donors (Lipinski definition) is 3. The third-order valence-electron chi connectivity index (χ3n) is 9.12. The van der Waals surface area contributed by atoms with Crippen molar-refractivity contribution in [3.63, 3.8) is 0 Å². The first-order valence-electron chi connectivity index (χ1n) is 16.9. The van der Waals surface area contributed by atoms with Crippen molar-refractivity contribution < 1.29 is 29.0 Å². The second kappa shape index (κ2) is 17.3. The van der Waals surface area contributed by atoms with Crippen LogP contribution < -0.4 is 15.4 Å². The molecule has 4 atom stereocenters. The number of anilines is 2. The Kier molecular flexibility index (Phi) is 13.3. The van der Waals surface area contributed by atoms with E-state index in [1.165, 1.54) is 0 Å².